The normalized spacial score (nSPS) is 16.7. The molecule has 0 saturated heterocycles. The summed E-state index contributed by atoms with van der Waals surface area (Å²) in [6.45, 7) is 5.58. The second-order valence-electron chi connectivity index (χ2n) is 17.9. The lowest BCUT2D eigenvalue weighted by Crippen LogP contribution is -3.00. The fourth-order valence-electron chi connectivity index (χ4n) is 7.52. The van der Waals surface area contributed by atoms with Gasteiger partial charge in [-0.2, -0.15) is 0 Å². The smallest absolute Gasteiger partial charge is 0.123 e. The number of aliphatic imine (C=N–C) groups is 4. The van der Waals surface area contributed by atoms with Crippen LogP contribution in [0.3, 0.4) is 0 Å². The highest BCUT2D eigenvalue weighted by Gasteiger charge is 2.23. The molecule has 5 heterocycles. The largest absolute Gasteiger partial charge is 1.00 e. The van der Waals surface area contributed by atoms with Gasteiger partial charge in [-0.1, -0.05) is 58.3 Å². The van der Waals surface area contributed by atoms with Crippen molar-refractivity contribution in [2.24, 2.45) is 20.0 Å². The van der Waals surface area contributed by atoms with E-state index in [0.717, 1.165) is 116 Å². The molecule has 1 aromatic rings. The molecule has 0 saturated carbocycles. The zero-order chi connectivity index (χ0) is 40.3. The first-order valence-corrected chi connectivity index (χ1v) is 21.4. The van der Waals surface area contributed by atoms with E-state index >= 15 is 0 Å². The number of allylic oxidation sites excluding steroid dienone is 12. The van der Waals surface area contributed by atoms with Gasteiger partial charge in [0.05, 0.1) is 114 Å². The molecule has 8 bridgehead atoms. The second-order valence-corrected chi connectivity index (χ2v) is 17.9. The quantitative estimate of drug-likeness (QED) is 0.137. The Bertz CT molecular complexity index is 1990. The Kier molecular flexibility index (Phi) is 18.2. The van der Waals surface area contributed by atoms with Crippen molar-refractivity contribution in [3.8, 4) is 11.5 Å². The lowest BCUT2D eigenvalue weighted by molar-refractivity contribution is -0.870. The van der Waals surface area contributed by atoms with Crippen LogP contribution in [0, 0.1) is 0 Å². The van der Waals surface area contributed by atoms with Gasteiger partial charge in [-0.25, -0.2) is 20.0 Å². The average Bonchev–Trinajstić information content (AvgIpc) is 3.99. The molecule has 0 aliphatic carbocycles. The summed E-state index contributed by atoms with van der Waals surface area (Å²) in [7, 11) is 13.3. The number of quaternary nitrogens is 2. The van der Waals surface area contributed by atoms with Gasteiger partial charge in [0, 0.05) is 30.1 Å². The Hall–Kier alpha value is -4.08. The number of hydrogen-bond donors (Lipinski definition) is 0. The van der Waals surface area contributed by atoms with E-state index in [1.807, 2.05) is 6.07 Å². The van der Waals surface area contributed by atoms with Crippen LogP contribution in [0.2, 0.25) is 0 Å². The number of hydrogen-bond acceptors (Lipinski definition) is 6. The summed E-state index contributed by atoms with van der Waals surface area (Å²) in [6.07, 6.45) is 35.5. The molecule has 0 fully saturated rings. The third-order valence-corrected chi connectivity index (χ3v) is 10.6. The minimum atomic E-state index is 0. The summed E-state index contributed by atoms with van der Waals surface area (Å²) in [5.74, 6) is 1.56. The maximum Gasteiger partial charge on any atom is 0.123 e. The predicted molar refractivity (Wildman–Crippen MR) is 241 cm³/mol. The van der Waals surface area contributed by atoms with Crippen molar-refractivity contribution in [1.82, 2.24) is 0 Å². The molecule has 10 heteroatoms. The van der Waals surface area contributed by atoms with Crippen LogP contribution >= 0.6 is 0 Å². The molecular formula is C49H66Cl2N6O2. The number of rotatable bonds is 21. The molecule has 59 heavy (non-hydrogen) atoms. The van der Waals surface area contributed by atoms with E-state index in [1.165, 1.54) is 56.9 Å². The highest BCUT2D eigenvalue weighted by atomic mass is 35.5. The second kappa shape index (κ2) is 22.5. The maximum atomic E-state index is 6.42. The SMILES string of the molecule is CCCCCCCCCCCC1=C2C=CC(=N2)C=C2C=CC(=N2)C(c2cc(OCCC[N+](C)(C)C)cc(OCCC[N+](C)(C)C)c2)=C2C=CC(=N2)C=C2C=CC1=N2.[Cl-].[Cl-]. The molecule has 0 atom stereocenters. The van der Waals surface area contributed by atoms with E-state index in [9.17, 15) is 0 Å². The third-order valence-electron chi connectivity index (χ3n) is 10.6. The van der Waals surface area contributed by atoms with Crippen molar-refractivity contribution in [2.75, 3.05) is 68.6 Å². The summed E-state index contributed by atoms with van der Waals surface area (Å²) in [5.41, 5.74) is 10.3. The third kappa shape index (κ3) is 14.9. The van der Waals surface area contributed by atoms with Crippen molar-refractivity contribution in [3.05, 3.63) is 113 Å². The predicted octanol–water partition coefficient (Wildman–Crippen LogP) is 4.36. The molecule has 0 spiro atoms. The highest BCUT2D eigenvalue weighted by Crippen LogP contribution is 2.35. The van der Waals surface area contributed by atoms with Gasteiger partial charge in [0.2, 0.25) is 0 Å². The van der Waals surface area contributed by atoms with Gasteiger partial charge in [0.25, 0.3) is 0 Å². The fraction of sp³-hybridized carbons (Fsp3) is 0.469. The van der Waals surface area contributed by atoms with Crippen molar-refractivity contribution in [2.45, 2.75) is 84.0 Å². The Morgan fingerprint density at radius 3 is 1.54 bits per heavy atom. The number of benzene rings is 1. The van der Waals surface area contributed by atoms with Crippen LogP contribution < -0.4 is 34.3 Å². The molecular weight excluding hydrogens is 775 g/mol. The summed E-state index contributed by atoms with van der Waals surface area (Å²) < 4.78 is 14.6. The van der Waals surface area contributed by atoms with Crippen LogP contribution in [0.15, 0.2) is 127 Å². The zero-order valence-electron chi connectivity index (χ0n) is 36.6. The molecule has 8 nitrogen and oxygen atoms in total. The molecule has 1 aromatic carbocycles. The molecule has 0 N–H and O–H groups in total. The molecule has 318 valence electrons. The fourth-order valence-corrected chi connectivity index (χ4v) is 7.52. The van der Waals surface area contributed by atoms with Crippen molar-refractivity contribution in [3.63, 3.8) is 0 Å². The van der Waals surface area contributed by atoms with E-state index in [2.05, 4.69) is 122 Å². The lowest BCUT2D eigenvalue weighted by Gasteiger charge is -2.24. The Labute approximate surface area is 367 Å². The molecule has 0 radical (unpaired) electrons. The number of halogens is 2. The average molecular weight is 842 g/mol. The number of fused-ring (bicyclic) bond motifs is 4. The Balaban J connectivity index is 0.00000384. The standard InChI is InChI=1S/C49H66N6O2.2ClH/c1-8-9-10-11-12-13-14-15-16-19-44-45-24-20-38(50-45)34-40-22-26-47(52-40)49(48-27-23-41(53-48)35-39-21-25-46(44)51-39)37-32-42(56-30-17-28-54(2,3)4)36-43(33-37)57-31-18-29-55(5,6)7;;/h20-27,32-36H,8-19,28-31H2,1-7H3;2*1H/q+2;;/p-2. The first-order chi connectivity index (χ1) is 27.4. The monoisotopic (exact) mass is 840 g/mol. The topological polar surface area (TPSA) is 67.9 Å². The van der Waals surface area contributed by atoms with Crippen LogP contribution in [0.1, 0.15) is 89.5 Å². The van der Waals surface area contributed by atoms with Gasteiger partial charge in [-0.05, 0) is 91.3 Å². The van der Waals surface area contributed by atoms with Crippen molar-refractivity contribution in [1.29, 1.82) is 0 Å². The minimum absolute atomic E-state index is 0. The van der Waals surface area contributed by atoms with E-state index in [-0.39, 0.29) is 24.8 Å². The minimum Gasteiger partial charge on any atom is -1.00 e. The number of nitrogens with zero attached hydrogens (tertiary/aromatic N) is 6. The molecule has 6 rings (SSSR count). The van der Waals surface area contributed by atoms with Crippen molar-refractivity contribution < 1.29 is 43.3 Å². The molecule has 5 aliphatic heterocycles. The van der Waals surface area contributed by atoms with E-state index in [4.69, 9.17) is 29.4 Å². The van der Waals surface area contributed by atoms with Gasteiger partial charge < -0.3 is 43.3 Å². The van der Waals surface area contributed by atoms with Gasteiger partial charge in [-0.15, -0.1) is 0 Å². The zero-order valence-corrected chi connectivity index (χ0v) is 38.1. The first kappa shape index (κ1) is 47.6. The maximum absolute atomic E-state index is 6.42. The van der Waals surface area contributed by atoms with Gasteiger partial charge in [0.15, 0.2) is 0 Å². The summed E-state index contributed by atoms with van der Waals surface area (Å²) in [6, 6.07) is 6.23. The van der Waals surface area contributed by atoms with Crippen LogP contribution in [-0.2, 0) is 0 Å². The number of unbranched alkanes of at least 4 members (excludes halogenated alkanes) is 8. The molecule has 5 aliphatic rings. The summed E-state index contributed by atoms with van der Waals surface area (Å²) >= 11 is 0. The van der Waals surface area contributed by atoms with Crippen molar-refractivity contribution >= 4 is 28.4 Å². The van der Waals surface area contributed by atoms with Crippen LogP contribution in [0.5, 0.6) is 11.5 Å². The van der Waals surface area contributed by atoms with Crippen LogP contribution in [0.25, 0.3) is 5.57 Å². The Morgan fingerprint density at radius 2 is 0.983 bits per heavy atom. The summed E-state index contributed by atoms with van der Waals surface area (Å²) in [5, 5.41) is 0. The Morgan fingerprint density at radius 1 is 0.492 bits per heavy atom. The van der Waals surface area contributed by atoms with E-state index in [1.54, 1.807) is 0 Å². The van der Waals surface area contributed by atoms with Crippen LogP contribution in [0.4, 0.5) is 0 Å². The van der Waals surface area contributed by atoms with Gasteiger partial charge >= 0.3 is 0 Å². The van der Waals surface area contributed by atoms with E-state index < -0.39 is 0 Å². The molecule has 0 unspecified atom stereocenters. The molecule has 0 aromatic heterocycles. The molecule has 0 amide bonds. The number of ether oxygens (including phenoxy) is 2. The first-order valence-electron chi connectivity index (χ1n) is 21.4. The van der Waals surface area contributed by atoms with Gasteiger partial charge in [0.1, 0.15) is 11.5 Å². The summed E-state index contributed by atoms with van der Waals surface area (Å²) in [4.78, 5) is 20.6. The lowest BCUT2D eigenvalue weighted by atomic mass is 9.98. The van der Waals surface area contributed by atoms with Crippen LogP contribution in [-0.4, -0.2) is 100 Å². The van der Waals surface area contributed by atoms with E-state index in [0.29, 0.717) is 13.2 Å². The van der Waals surface area contributed by atoms with Gasteiger partial charge in [-0.3, -0.25) is 0 Å². The highest BCUT2D eigenvalue weighted by molar-refractivity contribution is 6.32.